The number of rotatable bonds is 4. The molecule has 1 aliphatic carbocycles. The van der Waals surface area contributed by atoms with Gasteiger partial charge in [-0.25, -0.2) is 0 Å². The zero-order valence-corrected chi connectivity index (χ0v) is 10.5. The molecule has 1 unspecified atom stereocenters. The van der Waals surface area contributed by atoms with Crippen molar-refractivity contribution < 1.29 is 0 Å². The Balaban J connectivity index is 1.89. The van der Waals surface area contributed by atoms with E-state index in [9.17, 15) is 0 Å². The number of benzene rings is 1. The molecule has 0 aliphatic heterocycles. The summed E-state index contributed by atoms with van der Waals surface area (Å²) in [5, 5.41) is 0. The molecule has 0 heteroatoms. The van der Waals surface area contributed by atoms with Crippen LogP contribution in [0.4, 0.5) is 0 Å². The van der Waals surface area contributed by atoms with Crippen LogP contribution < -0.4 is 0 Å². The minimum atomic E-state index is 0.783. The molecule has 1 aliphatic rings. The highest BCUT2D eigenvalue weighted by Crippen LogP contribution is 2.31. The molecule has 0 spiro atoms. The van der Waals surface area contributed by atoms with Crippen LogP contribution in [-0.4, -0.2) is 0 Å². The first kappa shape index (κ1) is 11.4. The van der Waals surface area contributed by atoms with Crippen LogP contribution >= 0.6 is 0 Å². The summed E-state index contributed by atoms with van der Waals surface area (Å²) in [6.07, 6.45) is 6.61. The van der Waals surface area contributed by atoms with Crippen LogP contribution in [0.1, 0.15) is 45.1 Å². The highest BCUT2D eigenvalue weighted by atomic mass is 14.2. The zero-order valence-electron chi connectivity index (χ0n) is 10.5. The molecule has 2 rings (SSSR count). The van der Waals surface area contributed by atoms with Crippen molar-refractivity contribution in [1.29, 1.82) is 0 Å². The van der Waals surface area contributed by atoms with Crippen LogP contribution in [0, 0.1) is 5.92 Å². The molecule has 0 heterocycles. The largest absolute Gasteiger partial charge is 0.0741 e. The Morgan fingerprint density at radius 1 is 1.06 bits per heavy atom. The van der Waals surface area contributed by atoms with E-state index in [0.717, 1.165) is 5.92 Å². The third-order valence-corrected chi connectivity index (χ3v) is 3.66. The average Bonchev–Trinajstić information content (AvgIpc) is 2.66. The van der Waals surface area contributed by atoms with E-state index in [0.29, 0.717) is 0 Å². The second kappa shape index (κ2) is 5.34. The molecule has 0 bridgehead atoms. The van der Waals surface area contributed by atoms with E-state index in [2.05, 4.69) is 44.2 Å². The van der Waals surface area contributed by atoms with E-state index in [1.54, 1.807) is 11.1 Å². The lowest BCUT2D eigenvalue weighted by molar-refractivity contribution is 0.565. The second-order valence-electron chi connectivity index (χ2n) is 5.24. The van der Waals surface area contributed by atoms with Crippen molar-refractivity contribution in [2.24, 2.45) is 5.92 Å². The summed E-state index contributed by atoms with van der Waals surface area (Å²) in [4.78, 5) is 0. The Bertz CT molecular complexity index is 359. The topological polar surface area (TPSA) is 0 Å². The summed E-state index contributed by atoms with van der Waals surface area (Å²) in [5.41, 5.74) is 4.88. The van der Waals surface area contributed by atoms with Crippen molar-refractivity contribution in [2.45, 2.75) is 46.0 Å². The summed E-state index contributed by atoms with van der Waals surface area (Å²) in [5.74, 6) is 0.783. The van der Waals surface area contributed by atoms with Crippen LogP contribution in [0.2, 0.25) is 0 Å². The zero-order chi connectivity index (χ0) is 11.4. The van der Waals surface area contributed by atoms with Crippen molar-refractivity contribution in [1.82, 2.24) is 0 Å². The first-order chi connectivity index (χ1) is 7.75. The van der Waals surface area contributed by atoms with Gasteiger partial charge >= 0.3 is 0 Å². The van der Waals surface area contributed by atoms with Crippen molar-refractivity contribution in [3.05, 3.63) is 47.0 Å². The smallest absolute Gasteiger partial charge is 0.0250 e. The maximum Gasteiger partial charge on any atom is -0.0250 e. The molecule has 86 valence electrons. The molecule has 1 aromatic carbocycles. The highest BCUT2D eigenvalue weighted by molar-refractivity contribution is 5.19. The van der Waals surface area contributed by atoms with Gasteiger partial charge in [0.25, 0.3) is 0 Å². The monoisotopic (exact) mass is 214 g/mol. The van der Waals surface area contributed by atoms with Crippen LogP contribution in [0.25, 0.3) is 0 Å². The quantitative estimate of drug-likeness (QED) is 0.634. The minimum absolute atomic E-state index is 0.783. The van der Waals surface area contributed by atoms with Gasteiger partial charge in [-0.3, -0.25) is 0 Å². The van der Waals surface area contributed by atoms with Gasteiger partial charge in [0.05, 0.1) is 0 Å². The van der Waals surface area contributed by atoms with Crippen LogP contribution in [0.15, 0.2) is 41.5 Å². The van der Waals surface area contributed by atoms with E-state index in [-0.39, 0.29) is 0 Å². The molecular weight excluding hydrogens is 192 g/mol. The number of hydrogen-bond acceptors (Lipinski definition) is 0. The third kappa shape index (κ3) is 2.98. The SMILES string of the molecule is CC1=C(CC(C)Cc2ccccc2)CCC1. The molecule has 0 aromatic heterocycles. The molecule has 0 fully saturated rings. The fraction of sp³-hybridized carbons (Fsp3) is 0.500. The molecule has 0 nitrogen and oxygen atoms in total. The molecule has 0 saturated heterocycles. The van der Waals surface area contributed by atoms with Gasteiger partial charge in [0, 0.05) is 0 Å². The van der Waals surface area contributed by atoms with Gasteiger partial charge in [-0.2, -0.15) is 0 Å². The first-order valence-electron chi connectivity index (χ1n) is 6.47. The first-order valence-corrected chi connectivity index (χ1v) is 6.47. The highest BCUT2D eigenvalue weighted by Gasteiger charge is 2.13. The van der Waals surface area contributed by atoms with E-state index in [1.165, 1.54) is 37.7 Å². The Morgan fingerprint density at radius 3 is 2.44 bits per heavy atom. The van der Waals surface area contributed by atoms with Crippen molar-refractivity contribution in [3.63, 3.8) is 0 Å². The lowest BCUT2D eigenvalue weighted by Crippen LogP contribution is -2.01. The average molecular weight is 214 g/mol. The van der Waals surface area contributed by atoms with Crippen LogP contribution in [0.5, 0.6) is 0 Å². The van der Waals surface area contributed by atoms with Crippen molar-refractivity contribution in [2.75, 3.05) is 0 Å². The maximum absolute atomic E-state index is 2.38. The fourth-order valence-corrected chi connectivity index (χ4v) is 2.74. The number of allylic oxidation sites excluding steroid dienone is 2. The summed E-state index contributed by atoms with van der Waals surface area (Å²) in [6, 6.07) is 10.9. The fourth-order valence-electron chi connectivity index (χ4n) is 2.74. The van der Waals surface area contributed by atoms with Crippen LogP contribution in [-0.2, 0) is 6.42 Å². The van der Waals surface area contributed by atoms with E-state index < -0.39 is 0 Å². The van der Waals surface area contributed by atoms with Gasteiger partial charge in [-0.05, 0) is 50.5 Å². The summed E-state index contributed by atoms with van der Waals surface area (Å²) < 4.78 is 0. The van der Waals surface area contributed by atoms with Crippen molar-refractivity contribution in [3.8, 4) is 0 Å². The molecule has 1 aromatic rings. The van der Waals surface area contributed by atoms with E-state index in [1.807, 2.05) is 0 Å². The Morgan fingerprint density at radius 2 is 1.81 bits per heavy atom. The Labute approximate surface area is 99.4 Å². The van der Waals surface area contributed by atoms with E-state index in [4.69, 9.17) is 0 Å². The second-order valence-corrected chi connectivity index (χ2v) is 5.24. The van der Waals surface area contributed by atoms with Gasteiger partial charge in [-0.15, -0.1) is 0 Å². The summed E-state index contributed by atoms with van der Waals surface area (Å²) in [7, 11) is 0. The van der Waals surface area contributed by atoms with Gasteiger partial charge in [-0.1, -0.05) is 48.4 Å². The normalized spacial score (nSPS) is 17.9. The molecule has 0 amide bonds. The van der Waals surface area contributed by atoms with Crippen LogP contribution in [0.3, 0.4) is 0 Å². The van der Waals surface area contributed by atoms with Crippen molar-refractivity contribution >= 4 is 0 Å². The molecular formula is C16H22. The van der Waals surface area contributed by atoms with Gasteiger partial charge in [0.15, 0.2) is 0 Å². The van der Waals surface area contributed by atoms with Gasteiger partial charge in [0.2, 0.25) is 0 Å². The molecule has 0 radical (unpaired) electrons. The third-order valence-electron chi connectivity index (χ3n) is 3.66. The summed E-state index contributed by atoms with van der Waals surface area (Å²) >= 11 is 0. The predicted molar refractivity (Wildman–Crippen MR) is 70.5 cm³/mol. The lowest BCUT2D eigenvalue weighted by atomic mass is 9.93. The number of hydrogen-bond donors (Lipinski definition) is 0. The summed E-state index contributed by atoms with van der Waals surface area (Å²) in [6.45, 7) is 4.70. The standard InChI is InChI=1S/C16H22/c1-13(11-15-8-4-3-5-9-15)12-16-10-6-7-14(16)2/h3-5,8-9,13H,6-7,10-12H2,1-2H3. The molecule has 0 saturated carbocycles. The Hall–Kier alpha value is -1.04. The lowest BCUT2D eigenvalue weighted by Gasteiger charge is -2.13. The van der Waals surface area contributed by atoms with E-state index >= 15 is 0 Å². The predicted octanol–water partition coefficient (Wildman–Crippen LogP) is 4.76. The maximum atomic E-state index is 2.38. The van der Waals surface area contributed by atoms with Gasteiger partial charge < -0.3 is 0 Å². The minimum Gasteiger partial charge on any atom is -0.0741 e. The molecule has 0 N–H and O–H groups in total. The molecule has 1 atom stereocenters. The molecule has 16 heavy (non-hydrogen) atoms. The van der Waals surface area contributed by atoms with Gasteiger partial charge in [0.1, 0.15) is 0 Å². The Kier molecular flexibility index (Phi) is 3.82.